The molecule has 0 amide bonds. The van der Waals surface area contributed by atoms with Crippen LogP contribution in [0, 0.1) is 6.92 Å². The molecular weight excluding hydrogens is 336 g/mol. The predicted octanol–water partition coefficient (Wildman–Crippen LogP) is 2.08. The van der Waals surface area contributed by atoms with E-state index in [-0.39, 0.29) is 11.8 Å². The third-order valence-electron chi connectivity index (χ3n) is 4.66. The van der Waals surface area contributed by atoms with Gasteiger partial charge < -0.3 is 0 Å². The van der Waals surface area contributed by atoms with Crippen LogP contribution in [0.5, 0.6) is 0 Å². The molecule has 0 radical (unpaired) electrons. The van der Waals surface area contributed by atoms with Gasteiger partial charge in [0.05, 0.1) is 17.5 Å². The summed E-state index contributed by atoms with van der Waals surface area (Å²) in [4.78, 5) is 2.40. The number of sulfonamides is 1. The second-order valence-corrected chi connectivity index (χ2v) is 8.76. The van der Waals surface area contributed by atoms with Crippen LogP contribution >= 0.6 is 0 Å². The fourth-order valence-corrected chi connectivity index (χ4v) is 3.87. The SMILES string of the molecule is CCS(=O)(=O)NCCC1CN(Cc2ccc(C)cc2)Cc2ccnn21. The van der Waals surface area contributed by atoms with Gasteiger partial charge in [0.2, 0.25) is 10.0 Å². The highest BCUT2D eigenvalue weighted by atomic mass is 32.2. The molecule has 2 heterocycles. The molecule has 0 aliphatic carbocycles. The zero-order valence-electron chi connectivity index (χ0n) is 14.9. The van der Waals surface area contributed by atoms with E-state index >= 15 is 0 Å². The van der Waals surface area contributed by atoms with E-state index in [0.717, 1.165) is 26.1 Å². The third kappa shape index (κ3) is 4.68. The Bertz CT molecular complexity index is 799. The summed E-state index contributed by atoms with van der Waals surface area (Å²) in [5, 5.41) is 4.44. The number of fused-ring (bicyclic) bond motifs is 1. The van der Waals surface area contributed by atoms with Crippen molar-refractivity contribution in [2.45, 2.75) is 39.4 Å². The van der Waals surface area contributed by atoms with Crippen LogP contribution in [0.15, 0.2) is 36.5 Å². The number of nitrogens with one attached hydrogen (secondary N) is 1. The molecular formula is C18H26N4O2S. The Labute approximate surface area is 149 Å². The molecule has 1 atom stereocenters. The summed E-state index contributed by atoms with van der Waals surface area (Å²) >= 11 is 0. The van der Waals surface area contributed by atoms with E-state index in [9.17, 15) is 8.42 Å². The number of hydrogen-bond acceptors (Lipinski definition) is 4. The Kier molecular flexibility index (Phi) is 5.56. The standard InChI is InChI=1S/C18H26N4O2S/c1-3-25(23,24)20-11-9-18-14-21(13-17-8-10-19-22(17)18)12-16-6-4-15(2)5-7-16/h4-8,10,18,20H,3,9,11-14H2,1-2H3. The summed E-state index contributed by atoms with van der Waals surface area (Å²) in [5.41, 5.74) is 3.74. The third-order valence-corrected chi connectivity index (χ3v) is 6.06. The van der Waals surface area contributed by atoms with Crippen LogP contribution in [-0.2, 0) is 23.1 Å². The first-order valence-electron chi connectivity index (χ1n) is 8.74. The fraction of sp³-hybridized carbons (Fsp3) is 0.500. The molecule has 0 bridgehead atoms. The molecule has 1 aromatic heterocycles. The van der Waals surface area contributed by atoms with Crippen molar-refractivity contribution in [3.63, 3.8) is 0 Å². The van der Waals surface area contributed by atoms with Gasteiger partial charge in [-0.15, -0.1) is 0 Å². The molecule has 25 heavy (non-hydrogen) atoms. The summed E-state index contributed by atoms with van der Waals surface area (Å²) in [6.07, 6.45) is 2.56. The summed E-state index contributed by atoms with van der Waals surface area (Å²) in [5.74, 6) is 0.115. The molecule has 0 spiro atoms. The molecule has 0 fully saturated rings. The number of aryl methyl sites for hydroxylation is 1. The van der Waals surface area contributed by atoms with Gasteiger partial charge in [0, 0.05) is 32.4 Å². The lowest BCUT2D eigenvalue weighted by molar-refractivity contribution is 0.162. The second-order valence-electron chi connectivity index (χ2n) is 6.66. The molecule has 2 aromatic rings. The first kappa shape index (κ1) is 18.1. The van der Waals surface area contributed by atoms with Gasteiger partial charge in [-0.3, -0.25) is 9.58 Å². The molecule has 1 aliphatic rings. The minimum atomic E-state index is -3.14. The number of nitrogens with zero attached hydrogens (tertiary/aromatic N) is 3. The second kappa shape index (κ2) is 7.68. The average molecular weight is 362 g/mol. The first-order valence-corrected chi connectivity index (χ1v) is 10.4. The average Bonchev–Trinajstić information content (AvgIpc) is 3.05. The molecule has 1 N–H and O–H groups in total. The van der Waals surface area contributed by atoms with Crippen molar-refractivity contribution in [3.8, 4) is 0 Å². The number of rotatable bonds is 7. The monoisotopic (exact) mass is 362 g/mol. The lowest BCUT2D eigenvalue weighted by atomic mass is 10.1. The Morgan fingerprint density at radius 2 is 2.00 bits per heavy atom. The van der Waals surface area contributed by atoms with E-state index < -0.39 is 10.0 Å². The zero-order valence-corrected chi connectivity index (χ0v) is 15.7. The molecule has 0 saturated carbocycles. The maximum atomic E-state index is 11.6. The van der Waals surface area contributed by atoms with Crippen LogP contribution < -0.4 is 4.72 Å². The van der Waals surface area contributed by atoms with Gasteiger partial charge in [0.25, 0.3) is 0 Å². The van der Waals surface area contributed by atoms with Crippen molar-refractivity contribution in [3.05, 3.63) is 53.3 Å². The maximum Gasteiger partial charge on any atom is 0.211 e. The highest BCUT2D eigenvalue weighted by Gasteiger charge is 2.25. The minimum Gasteiger partial charge on any atom is -0.291 e. The normalized spacial score (nSPS) is 18.2. The van der Waals surface area contributed by atoms with Crippen LogP contribution in [0.25, 0.3) is 0 Å². The molecule has 7 heteroatoms. The zero-order chi connectivity index (χ0) is 17.9. The Morgan fingerprint density at radius 3 is 2.72 bits per heavy atom. The van der Waals surface area contributed by atoms with Gasteiger partial charge in [-0.05, 0) is 31.9 Å². The van der Waals surface area contributed by atoms with Crippen molar-refractivity contribution < 1.29 is 8.42 Å². The van der Waals surface area contributed by atoms with E-state index in [1.165, 1.54) is 16.8 Å². The van der Waals surface area contributed by atoms with Crippen molar-refractivity contribution in [2.75, 3.05) is 18.8 Å². The quantitative estimate of drug-likeness (QED) is 0.819. The molecule has 1 aliphatic heterocycles. The van der Waals surface area contributed by atoms with E-state index in [2.05, 4.69) is 45.9 Å². The predicted molar refractivity (Wildman–Crippen MR) is 98.6 cm³/mol. The van der Waals surface area contributed by atoms with E-state index in [1.54, 1.807) is 6.92 Å². The smallest absolute Gasteiger partial charge is 0.211 e. The van der Waals surface area contributed by atoms with Crippen LogP contribution in [-0.4, -0.2) is 41.9 Å². The summed E-state index contributed by atoms with van der Waals surface area (Å²) < 4.78 is 28.0. The Hall–Kier alpha value is -1.70. The molecule has 1 unspecified atom stereocenters. The summed E-state index contributed by atoms with van der Waals surface area (Å²) in [6, 6.07) is 10.9. The maximum absolute atomic E-state index is 11.6. The van der Waals surface area contributed by atoms with Gasteiger partial charge in [0.15, 0.2) is 0 Å². The van der Waals surface area contributed by atoms with E-state index in [4.69, 9.17) is 0 Å². The summed E-state index contributed by atoms with van der Waals surface area (Å²) in [6.45, 7) is 6.82. The highest BCUT2D eigenvalue weighted by Crippen LogP contribution is 2.24. The lowest BCUT2D eigenvalue weighted by Crippen LogP contribution is -2.39. The molecule has 3 rings (SSSR count). The van der Waals surface area contributed by atoms with E-state index in [1.807, 2.05) is 16.9 Å². The Morgan fingerprint density at radius 1 is 1.24 bits per heavy atom. The van der Waals surface area contributed by atoms with Crippen LogP contribution in [0.4, 0.5) is 0 Å². The fourth-order valence-electron chi connectivity index (χ4n) is 3.23. The van der Waals surface area contributed by atoms with Crippen molar-refractivity contribution in [2.24, 2.45) is 0 Å². The molecule has 136 valence electrons. The Balaban J connectivity index is 1.65. The highest BCUT2D eigenvalue weighted by molar-refractivity contribution is 7.89. The largest absolute Gasteiger partial charge is 0.291 e. The van der Waals surface area contributed by atoms with Crippen molar-refractivity contribution in [1.29, 1.82) is 0 Å². The number of aromatic nitrogens is 2. The van der Waals surface area contributed by atoms with Gasteiger partial charge >= 0.3 is 0 Å². The van der Waals surface area contributed by atoms with Crippen molar-refractivity contribution >= 4 is 10.0 Å². The van der Waals surface area contributed by atoms with Gasteiger partial charge in [-0.25, -0.2) is 13.1 Å². The van der Waals surface area contributed by atoms with Crippen molar-refractivity contribution in [1.82, 2.24) is 19.4 Å². The number of hydrogen-bond donors (Lipinski definition) is 1. The minimum absolute atomic E-state index is 0.115. The van der Waals surface area contributed by atoms with Gasteiger partial charge in [-0.1, -0.05) is 29.8 Å². The van der Waals surface area contributed by atoms with Gasteiger partial charge in [0.1, 0.15) is 0 Å². The molecule has 1 aromatic carbocycles. The van der Waals surface area contributed by atoms with Gasteiger partial charge in [-0.2, -0.15) is 5.10 Å². The number of benzene rings is 1. The van der Waals surface area contributed by atoms with E-state index in [0.29, 0.717) is 6.54 Å². The summed E-state index contributed by atoms with van der Waals surface area (Å²) in [7, 11) is -3.14. The lowest BCUT2D eigenvalue weighted by Gasteiger charge is -2.34. The topological polar surface area (TPSA) is 67.2 Å². The van der Waals surface area contributed by atoms with Crippen LogP contribution in [0.2, 0.25) is 0 Å². The molecule has 0 saturated heterocycles. The molecule has 6 nitrogen and oxygen atoms in total. The van der Waals surface area contributed by atoms with Crippen LogP contribution in [0.3, 0.4) is 0 Å². The first-order chi connectivity index (χ1) is 12.0. The van der Waals surface area contributed by atoms with Crippen LogP contribution in [0.1, 0.15) is 36.2 Å².